The fourth-order valence-corrected chi connectivity index (χ4v) is 6.08. The van der Waals surface area contributed by atoms with Gasteiger partial charge in [-0.15, -0.1) is 0 Å². The number of nitrogens with one attached hydrogen (secondary N) is 1. The summed E-state index contributed by atoms with van der Waals surface area (Å²) in [4.78, 5) is 38.8. The van der Waals surface area contributed by atoms with Gasteiger partial charge in [0.1, 0.15) is 6.61 Å². The molecule has 3 atom stereocenters. The molecule has 7 nitrogen and oxygen atoms in total. The Bertz CT molecular complexity index is 1070. The summed E-state index contributed by atoms with van der Waals surface area (Å²) in [5, 5.41) is 12.2. The number of fused-ring (bicyclic) bond motifs is 3. The number of benzene rings is 2. The third kappa shape index (κ3) is 4.77. The molecule has 5 rings (SSSR count). The first-order valence-corrected chi connectivity index (χ1v) is 12.6. The van der Waals surface area contributed by atoms with E-state index in [-0.39, 0.29) is 36.8 Å². The largest absolute Gasteiger partial charge is 0.481 e. The van der Waals surface area contributed by atoms with Crippen LogP contribution < -0.4 is 5.32 Å². The molecule has 3 aliphatic rings. The van der Waals surface area contributed by atoms with Crippen molar-refractivity contribution in [2.24, 2.45) is 17.8 Å². The Balaban J connectivity index is 1.15. The van der Waals surface area contributed by atoms with Gasteiger partial charge in [0.25, 0.3) is 0 Å². The van der Waals surface area contributed by atoms with Crippen molar-refractivity contribution in [2.45, 2.75) is 38.0 Å². The van der Waals surface area contributed by atoms with E-state index in [0.29, 0.717) is 19.5 Å². The molecule has 1 heterocycles. The van der Waals surface area contributed by atoms with Gasteiger partial charge in [0.15, 0.2) is 0 Å². The zero-order valence-electron chi connectivity index (χ0n) is 19.8. The van der Waals surface area contributed by atoms with Crippen LogP contribution in [0.5, 0.6) is 0 Å². The molecule has 2 N–H and O–H groups in total. The molecule has 0 unspecified atom stereocenters. The zero-order valence-corrected chi connectivity index (χ0v) is 19.8. The highest BCUT2D eigenvalue weighted by atomic mass is 16.5. The maximum atomic E-state index is 13.1. The molecule has 0 bridgehead atoms. The van der Waals surface area contributed by atoms with Crippen LogP contribution in [0.3, 0.4) is 0 Å². The maximum Gasteiger partial charge on any atom is 0.407 e. The molecule has 2 fully saturated rings. The van der Waals surface area contributed by atoms with Crippen LogP contribution in [0.15, 0.2) is 48.5 Å². The second kappa shape index (κ2) is 10.1. The van der Waals surface area contributed by atoms with E-state index in [1.54, 1.807) is 4.90 Å². The number of ether oxygens (including phenoxy) is 1. The van der Waals surface area contributed by atoms with Crippen molar-refractivity contribution in [3.8, 4) is 11.1 Å². The van der Waals surface area contributed by atoms with Crippen LogP contribution in [0.1, 0.15) is 49.1 Å². The van der Waals surface area contributed by atoms with E-state index in [4.69, 9.17) is 4.74 Å². The van der Waals surface area contributed by atoms with Crippen LogP contribution in [0.2, 0.25) is 0 Å². The third-order valence-electron chi connectivity index (χ3n) is 7.91. The van der Waals surface area contributed by atoms with Gasteiger partial charge in [-0.1, -0.05) is 55.0 Å². The van der Waals surface area contributed by atoms with E-state index >= 15 is 0 Å². The van der Waals surface area contributed by atoms with E-state index < -0.39 is 18.0 Å². The summed E-state index contributed by atoms with van der Waals surface area (Å²) in [6, 6.07) is 16.5. The number of aliphatic carboxylic acids is 1. The lowest BCUT2D eigenvalue weighted by Gasteiger charge is -2.34. The Kier molecular flexibility index (Phi) is 6.75. The van der Waals surface area contributed by atoms with Crippen LogP contribution in [0.25, 0.3) is 11.1 Å². The first kappa shape index (κ1) is 23.4. The molecule has 0 spiro atoms. The molecular formula is C28H32N2O5. The van der Waals surface area contributed by atoms with Crippen LogP contribution >= 0.6 is 0 Å². The average Bonchev–Trinajstić information content (AvgIpc) is 3.48. The lowest BCUT2D eigenvalue weighted by Crippen LogP contribution is -2.46. The summed E-state index contributed by atoms with van der Waals surface area (Å²) in [5.41, 5.74) is 4.72. The molecule has 35 heavy (non-hydrogen) atoms. The number of carbonyl (C=O) groups excluding carboxylic acids is 2. The molecule has 2 aliphatic carbocycles. The molecule has 0 radical (unpaired) electrons. The summed E-state index contributed by atoms with van der Waals surface area (Å²) in [6.45, 7) is 1.56. The minimum Gasteiger partial charge on any atom is -0.481 e. The Morgan fingerprint density at radius 1 is 0.943 bits per heavy atom. The van der Waals surface area contributed by atoms with Gasteiger partial charge in [-0.05, 0) is 53.9 Å². The fourth-order valence-electron chi connectivity index (χ4n) is 6.08. The topological polar surface area (TPSA) is 95.9 Å². The van der Waals surface area contributed by atoms with Gasteiger partial charge in [-0.2, -0.15) is 0 Å². The van der Waals surface area contributed by atoms with Crippen LogP contribution in [-0.4, -0.2) is 54.2 Å². The first-order valence-electron chi connectivity index (χ1n) is 12.6. The normalized spacial score (nSPS) is 23.4. The first-order chi connectivity index (χ1) is 17.0. The molecule has 1 saturated carbocycles. The number of alkyl carbamates (subject to hydrolysis) is 1. The number of nitrogens with zero attached hydrogens (tertiary/aromatic N) is 1. The molecule has 2 aromatic carbocycles. The highest BCUT2D eigenvalue weighted by molar-refractivity contribution is 5.81. The van der Waals surface area contributed by atoms with E-state index in [0.717, 1.165) is 25.7 Å². The molecule has 184 valence electrons. The van der Waals surface area contributed by atoms with Crippen molar-refractivity contribution in [1.29, 1.82) is 0 Å². The number of carbonyl (C=O) groups is 3. The second-order valence-electron chi connectivity index (χ2n) is 9.97. The molecule has 0 aromatic heterocycles. The molecular weight excluding hydrogens is 444 g/mol. The van der Waals surface area contributed by atoms with Crippen molar-refractivity contribution in [3.05, 3.63) is 59.7 Å². The summed E-state index contributed by atoms with van der Waals surface area (Å²) in [6.07, 6.45) is 3.47. The third-order valence-corrected chi connectivity index (χ3v) is 7.91. The van der Waals surface area contributed by atoms with Gasteiger partial charge in [0.2, 0.25) is 5.91 Å². The predicted octanol–water partition coefficient (Wildman–Crippen LogP) is 4.26. The Morgan fingerprint density at radius 2 is 1.63 bits per heavy atom. The summed E-state index contributed by atoms with van der Waals surface area (Å²) < 4.78 is 5.64. The van der Waals surface area contributed by atoms with Crippen molar-refractivity contribution in [1.82, 2.24) is 10.2 Å². The molecule has 2 amide bonds. The number of rotatable bonds is 6. The number of piperidine rings is 1. The van der Waals surface area contributed by atoms with Crippen molar-refractivity contribution >= 4 is 18.0 Å². The summed E-state index contributed by atoms with van der Waals surface area (Å²) in [7, 11) is 0. The second-order valence-corrected chi connectivity index (χ2v) is 9.97. The van der Waals surface area contributed by atoms with Gasteiger partial charge in [-0.3, -0.25) is 9.59 Å². The van der Waals surface area contributed by atoms with Crippen molar-refractivity contribution < 1.29 is 24.2 Å². The number of carboxylic acid groups (broad SMARTS) is 1. The van der Waals surface area contributed by atoms with Gasteiger partial charge >= 0.3 is 12.1 Å². The zero-order chi connectivity index (χ0) is 24.4. The van der Waals surface area contributed by atoms with Gasteiger partial charge < -0.3 is 20.1 Å². The number of carboxylic acids is 1. The maximum absolute atomic E-state index is 13.1. The average molecular weight is 477 g/mol. The molecule has 2 aromatic rings. The standard InChI is InChI=1S/C28H32N2O5/c31-26(30-14-6-8-19(16-30)27(32)33)20-13-5-7-18(20)15-29-28(34)35-17-25-23-11-3-1-9-21(23)22-10-2-4-12-24(22)25/h1-4,9-12,18-20,25H,5-8,13-17H2,(H,29,34)(H,32,33)/t18-,19+,20-/m0/s1. The number of likely N-dealkylation sites (tertiary alicyclic amines) is 1. The van der Waals surface area contributed by atoms with E-state index in [1.165, 1.54) is 22.3 Å². The summed E-state index contributed by atoms with van der Waals surface area (Å²) >= 11 is 0. The Morgan fingerprint density at radius 3 is 2.31 bits per heavy atom. The molecule has 1 aliphatic heterocycles. The minimum atomic E-state index is -0.831. The van der Waals surface area contributed by atoms with Crippen LogP contribution in [0.4, 0.5) is 4.79 Å². The number of hydrogen-bond acceptors (Lipinski definition) is 4. The number of amides is 2. The highest BCUT2D eigenvalue weighted by Crippen LogP contribution is 2.44. The monoisotopic (exact) mass is 476 g/mol. The Hall–Kier alpha value is -3.35. The number of hydrogen-bond donors (Lipinski definition) is 2. The van der Waals surface area contributed by atoms with Crippen molar-refractivity contribution in [3.63, 3.8) is 0 Å². The SMILES string of the molecule is O=C(NC[C@@H]1CCC[C@@H]1C(=O)N1CCC[C@@H](C(=O)O)C1)OCC1c2ccccc2-c2ccccc21. The summed E-state index contributed by atoms with van der Waals surface area (Å²) in [5.74, 6) is -1.39. The molecule has 7 heteroatoms. The van der Waals surface area contributed by atoms with Gasteiger partial charge in [-0.25, -0.2) is 4.79 Å². The minimum absolute atomic E-state index is 0.00948. The molecule has 1 saturated heterocycles. The van der Waals surface area contributed by atoms with E-state index in [1.807, 2.05) is 24.3 Å². The highest BCUT2D eigenvalue weighted by Gasteiger charge is 2.38. The van der Waals surface area contributed by atoms with Gasteiger partial charge in [0.05, 0.1) is 5.92 Å². The van der Waals surface area contributed by atoms with Crippen LogP contribution in [0, 0.1) is 17.8 Å². The Labute approximate surface area is 205 Å². The lowest BCUT2D eigenvalue weighted by molar-refractivity contribution is -0.147. The van der Waals surface area contributed by atoms with E-state index in [9.17, 15) is 19.5 Å². The predicted molar refractivity (Wildman–Crippen MR) is 131 cm³/mol. The smallest absolute Gasteiger partial charge is 0.407 e. The van der Waals surface area contributed by atoms with Crippen molar-refractivity contribution in [2.75, 3.05) is 26.2 Å². The quantitative estimate of drug-likeness (QED) is 0.649. The fraction of sp³-hybridized carbons (Fsp3) is 0.464. The van der Waals surface area contributed by atoms with Crippen LogP contribution in [-0.2, 0) is 14.3 Å². The lowest BCUT2D eigenvalue weighted by atomic mass is 9.92. The van der Waals surface area contributed by atoms with Gasteiger partial charge in [0, 0.05) is 31.5 Å². The van der Waals surface area contributed by atoms with E-state index in [2.05, 4.69) is 29.6 Å².